The second-order valence-electron chi connectivity index (χ2n) is 3.58. The molecular weight excluding hydrogens is 208 g/mol. The Hall–Kier alpha value is -1.98. The van der Waals surface area contributed by atoms with Gasteiger partial charge in [0, 0.05) is 33.5 Å². The average molecular weight is 222 g/mol. The normalized spacial score (nSPS) is 9.69. The second kappa shape index (κ2) is 5.20. The Morgan fingerprint density at radius 1 is 1.31 bits per heavy atom. The van der Waals surface area contributed by atoms with Crippen molar-refractivity contribution in [1.82, 2.24) is 14.9 Å². The summed E-state index contributed by atoms with van der Waals surface area (Å²) in [4.78, 5) is 32.9. The highest BCUT2D eigenvalue weighted by atomic mass is 16.2. The van der Waals surface area contributed by atoms with Gasteiger partial charge in [-0.15, -0.1) is 0 Å². The summed E-state index contributed by atoms with van der Waals surface area (Å²) in [6, 6.07) is 0. The molecule has 86 valence electrons. The van der Waals surface area contributed by atoms with E-state index in [0.29, 0.717) is 17.8 Å². The minimum absolute atomic E-state index is 0.0365. The van der Waals surface area contributed by atoms with E-state index in [1.54, 1.807) is 26.0 Å². The van der Waals surface area contributed by atoms with Gasteiger partial charge in [0.05, 0.1) is 12.1 Å². The minimum atomic E-state index is -0.0365. The predicted molar refractivity (Wildman–Crippen MR) is 59.4 cm³/mol. The number of aldehydes is 1. The van der Waals surface area contributed by atoms with Crippen molar-refractivity contribution in [2.45, 2.75) is 0 Å². The fraction of sp³-hybridized carbons (Fsp3) is 0.400. The van der Waals surface area contributed by atoms with Crippen LogP contribution in [0.25, 0.3) is 0 Å². The fourth-order valence-electron chi connectivity index (χ4n) is 1.00. The number of nitrogens with zero attached hydrogens (tertiary/aromatic N) is 4. The molecule has 0 fully saturated rings. The number of amides is 1. The number of likely N-dealkylation sites (N-methyl/N-ethyl adjacent to an activating group) is 2. The van der Waals surface area contributed by atoms with Crippen molar-refractivity contribution >= 4 is 18.1 Å². The van der Waals surface area contributed by atoms with Gasteiger partial charge in [-0.05, 0) is 0 Å². The molecule has 1 aromatic heterocycles. The van der Waals surface area contributed by atoms with Crippen LogP contribution in [0, 0.1) is 0 Å². The van der Waals surface area contributed by atoms with Gasteiger partial charge in [-0.25, -0.2) is 9.97 Å². The van der Waals surface area contributed by atoms with Gasteiger partial charge < -0.3 is 9.80 Å². The largest absolute Gasteiger partial charge is 0.347 e. The maximum absolute atomic E-state index is 11.4. The summed E-state index contributed by atoms with van der Waals surface area (Å²) in [6.07, 6.45) is 3.52. The molecule has 6 nitrogen and oxygen atoms in total. The third-order valence-corrected chi connectivity index (χ3v) is 2.01. The molecule has 0 spiro atoms. The maximum Gasteiger partial charge on any atom is 0.241 e. The smallest absolute Gasteiger partial charge is 0.241 e. The summed E-state index contributed by atoms with van der Waals surface area (Å²) in [5.41, 5.74) is 0.413. The Morgan fingerprint density at radius 2 is 1.88 bits per heavy atom. The van der Waals surface area contributed by atoms with E-state index in [1.807, 2.05) is 0 Å². The molecule has 0 aliphatic rings. The number of carbonyl (C=O) groups excluding carboxylic acids is 2. The van der Waals surface area contributed by atoms with Crippen LogP contribution in [0.5, 0.6) is 0 Å². The van der Waals surface area contributed by atoms with Gasteiger partial charge in [0.25, 0.3) is 0 Å². The van der Waals surface area contributed by atoms with Gasteiger partial charge in [-0.3, -0.25) is 9.59 Å². The van der Waals surface area contributed by atoms with Gasteiger partial charge in [-0.1, -0.05) is 0 Å². The summed E-state index contributed by atoms with van der Waals surface area (Å²) in [7, 11) is 5.09. The summed E-state index contributed by atoms with van der Waals surface area (Å²) < 4.78 is 0. The topological polar surface area (TPSA) is 66.4 Å². The van der Waals surface area contributed by atoms with E-state index >= 15 is 0 Å². The summed E-state index contributed by atoms with van der Waals surface area (Å²) >= 11 is 0. The van der Waals surface area contributed by atoms with Crippen LogP contribution in [0.2, 0.25) is 0 Å². The predicted octanol–water partition coefficient (Wildman–Crippen LogP) is -0.187. The van der Waals surface area contributed by atoms with Crippen molar-refractivity contribution < 1.29 is 9.59 Å². The first-order valence-electron chi connectivity index (χ1n) is 4.73. The van der Waals surface area contributed by atoms with E-state index in [1.165, 1.54) is 17.3 Å². The lowest BCUT2D eigenvalue weighted by Gasteiger charge is -2.18. The molecule has 0 N–H and O–H groups in total. The van der Waals surface area contributed by atoms with Crippen LogP contribution in [-0.4, -0.2) is 54.7 Å². The first-order chi connectivity index (χ1) is 7.54. The number of anilines is 1. The molecule has 0 radical (unpaired) electrons. The zero-order chi connectivity index (χ0) is 12.1. The number of aromatic nitrogens is 2. The van der Waals surface area contributed by atoms with Crippen molar-refractivity contribution in [3.05, 3.63) is 18.0 Å². The van der Waals surface area contributed by atoms with Crippen molar-refractivity contribution in [3.8, 4) is 0 Å². The Balaban J connectivity index is 2.69. The highest BCUT2D eigenvalue weighted by Gasteiger charge is 2.10. The Bertz CT molecular complexity index is 375. The lowest BCUT2D eigenvalue weighted by atomic mass is 10.4. The van der Waals surface area contributed by atoms with E-state index in [2.05, 4.69) is 9.97 Å². The van der Waals surface area contributed by atoms with Crippen LogP contribution in [0.3, 0.4) is 0 Å². The van der Waals surface area contributed by atoms with Gasteiger partial charge in [0.1, 0.15) is 0 Å². The summed E-state index contributed by atoms with van der Waals surface area (Å²) in [5.74, 6) is 0.381. The van der Waals surface area contributed by atoms with E-state index in [-0.39, 0.29) is 12.5 Å². The van der Waals surface area contributed by atoms with Crippen molar-refractivity contribution in [3.63, 3.8) is 0 Å². The van der Waals surface area contributed by atoms with Crippen molar-refractivity contribution in [2.24, 2.45) is 0 Å². The van der Waals surface area contributed by atoms with Crippen molar-refractivity contribution in [1.29, 1.82) is 0 Å². The Morgan fingerprint density at radius 3 is 2.31 bits per heavy atom. The Labute approximate surface area is 93.9 Å². The molecule has 0 saturated heterocycles. The van der Waals surface area contributed by atoms with E-state index in [4.69, 9.17) is 0 Å². The average Bonchev–Trinajstić information content (AvgIpc) is 2.28. The highest BCUT2D eigenvalue weighted by molar-refractivity contribution is 5.80. The van der Waals surface area contributed by atoms with Gasteiger partial charge >= 0.3 is 0 Å². The lowest BCUT2D eigenvalue weighted by Crippen LogP contribution is -2.35. The number of carbonyl (C=O) groups is 2. The molecule has 1 heterocycles. The molecule has 16 heavy (non-hydrogen) atoms. The third kappa shape index (κ3) is 3.01. The highest BCUT2D eigenvalue weighted by Crippen LogP contribution is 2.03. The molecule has 0 bridgehead atoms. The molecule has 0 atom stereocenters. The second-order valence-corrected chi connectivity index (χ2v) is 3.58. The zero-order valence-corrected chi connectivity index (χ0v) is 9.54. The zero-order valence-electron chi connectivity index (χ0n) is 9.54. The van der Waals surface area contributed by atoms with Crippen LogP contribution in [-0.2, 0) is 4.79 Å². The van der Waals surface area contributed by atoms with E-state index < -0.39 is 0 Å². The standard InChI is InChI=1S/C10H14N4O2/c1-13(2)9(16)6-14(3)10-11-4-8(7-15)5-12-10/h4-5,7H,6H2,1-3H3. The molecule has 0 unspecified atom stereocenters. The number of hydrogen-bond donors (Lipinski definition) is 0. The molecule has 0 aliphatic heterocycles. The SMILES string of the molecule is CN(C)C(=O)CN(C)c1ncc(C=O)cn1. The minimum Gasteiger partial charge on any atom is -0.347 e. The number of hydrogen-bond acceptors (Lipinski definition) is 5. The maximum atomic E-state index is 11.4. The van der Waals surface area contributed by atoms with Gasteiger partial charge in [-0.2, -0.15) is 0 Å². The van der Waals surface area contributed by atoms with Gasteiger partial charge in [0.15, 0.2) is 6.29 Å². The quantitative estimate of drug-likeness (QED) is 0.661. The monoisotopic (exact) mass is 222 g/mol. The summed E-state index contributed by atoms with van der Waals surface area (Å²) in [6.45, 7) is 0.202. The molecular formula is C10H14N4O2. The van der Waals surface area contributed by atoms with Crippen LogP contribution < -0.4 is 4.90 Å². The first kappa shape index (κ1) is 12.1. The van der Waals surface area contributed by atoms with Crippen LogP contribution in [0.4, 0.5) is 5.95 Å². The Kier molecular flexibility index (Phi) is 3.93. The molecule has 6 heteroatoms. The fourth-order valence-corrected chi connectivity index (χ4v) is 1.00. The van der Waals surface area contributed by atoms with Crippen LogP contribution in [0.15, 0.2) is 12.4 Å². The van der Waals surface area contributed by atoms with Crippen LogP contribution >= 0.6 is 0 Å². The van der Waals surface area contributed by atoms with Crippen LogP contribution in [0.1, 0.15) is 10.4 Å². The first-order valence-corrected chi connectivity index (χ1v) is 4.73. The van der Waals surface area contributed by atoms with Crippen molar-refractivity contribution in [2.75, 3.05) is 32.6 Å². The molecule has 1 rings (SSSR count). The summed E-state index contributed by atoms with van der Waals surface area (Å²) in [5, 5.41) is 0. The molecule has 1 amide bonds. The van der Waals surface area contributed by atoms with E-state index in [0.717, 1.165) is 0 Å². The van der Waals surface area contributed by atoms with E-state index in [9.17, 15) is 9.59 Å². The van der Waals surface area contributed by atoms with Gasteiger partial charge in [0.2, 0.25) is 11.9 Å². The molecule has 0 aliphatic carbocycles. The number of rotatable bonds is 4. The molecule has 0 aromatic carbocycles. The third-order valence-electron chi connectivity index (χ3n) is 2.01. The lowest BCUT2D eigenvalue weighted by molar-refractivity contribution is -0.127. The molecule has 0 saturated carbocycles. The molecule has 1 aromatic rings.